The number of carboxylic acid groups (broad SMARTS) is 2. The lowest BCUT2D eigenvalue weighted by Gasteiger charge is -2.03. The van der Waals surface area contributed by atoms with Crippen molar-refractivity contribution in [1.29, 1.82) is 0 Å². The van der Waals surface area contributed by atoms with Crippen molar-refractivity contribution in [2.24, 2.45) is 23.5 Å². The Hall–Kier alpha value is -1.14. The maximum atomic E-state index is 10.7. The van der Waals surface area contributed by atoms with Gasteiger partial charge >= 0.3 is 11.9 Å². The Balaban J connectivity index is 2.62. The normalized spacial score (nSPS) is 32.3. The lowest BCUT2D eigenvalue weighted by atomic mass is 10.1. The zero-order valence-corrected chi connectivity index (χ0v) is 7.80. The maximum Gasteiger partial charge on any atom is 0.320 e. The number of hydrogen-bond donors (Lipinski definition) is 4. The van der Waals surface area contributed by atoms with Crippen molar-refractivity contribution in [3.05, 3.63) is 0 Å². The van der Waals surface area contributed by atoms with Gasteiger partial charge in [0, 0.05) is 5.92 Å². The second-order valence-electron chi connectivity index (χ2n) is 3.53. The highest BCUT2D eigenvalue weighted by Gasteiger charge is 2.58. The van der Waals surface area contributed by atoms with E-state index in [2.05, 4.69) is 5.32 Å². The third-order valence-corrected chi connectivity index (χ3v) is 2.65. The molecule has 1 fully saturated rings. The molecule has 0 aliphatic heterocycles. The molecule has 0 aromatic carbocycles. The smallest absolute Gasteiger partial charge is 0.320 e. The minimum atomic E-state index is -1.14. The van der Waals surface area contributed by atoms with E-state index in [1.165, 1.54) is 0 Å². The molecule has 0 heterocycles. The van der Waals surface area contributed by atoms with Crippen LogP contribution in [-0.4, -0.2) is 41.8 Å². The lowest BCUT2D eigenvalue weighted by Crippen LogP contribution is -2.34. The summed E-state index contributed by atoms with van der Waals surface area (Å²) in [6.07, 6.45) is 0. The predicted octanol–water partition coefficient (Wildman–Crippen LogP) is -1.44. The van der Waals surface area contributed by atoms with Gasteiger partial charge in [0.25, 0.3) is 0 Å². The first kappa shape index (κ1) is 10.9. The minimum Gasteiger partial charge on any atom is -0.481 e. The van der Waals surface area contributed by atoms with Crippen molar-refractivity contribution in [3.63, 3.8) is 0 Å². The summed E-state index contributed by atoms with van der Waals surface area (Å²) in [7, 11) is 1.70. The molecule has 0 spiro atoms. The molecule has 1 aliphatic carbocycles. The summed E-state index contributed by atoms with van der Waals surface area (Å²) < 4.78 is 0. The molecule has 4 atom stereocenters. The van der Waals surface area contributed by atoms with E-state index in [9.17, 15) is 9.59 Å². The summed E-state index contributed by atoms with van der Waals surface area (Å²) in [4.78, 5) is 21.3. The van der Waals surface area contributed by atoms with E-state index in [0.29, 0.717) is 6.54 Å². The number of hydrogen-bond acceptors (Lipinski definition) is 4. The molecule has 80 valence electrons. The van der Waals surface area contributed by atoms with Gasteiger partial charge in [-0.3, -0.25) is 9.59 Å². The molecule has 6 nitrogen and oxygen atoms in total. The fourth-order valence-corrected chi connectivity index (χ4v) is 1.90. The van der Waals surface area contributed by atoms with Crippen molar-refractivity contribution in [2.45, 2.75) is 6.04 Å². The average Bonchev–Trinajstić information content (AvgIpc) is 2.78. The Morgan fingerprint density at radius 3 is 2.43 bits per heavy atom. The fraction of sp³-hybridized carbons (Fsp3) is 0.750. The van der Waals surface area contributed by atoms with Gasteiger partial charge in [0.15, 0.2) is 0 Å². The first-order valence-electron chi connectivity index (χ1n) is 4.36. The first-order chi connectivity index (χ1) is 6.50. The zero-order valence-electron chi connectivity index (χ0n) is 7.80. The number of rotatable bonds is 5. The highest BCUT2D eigenvalue weighted by Crippen LogP contribution is 2.47. The van der Waals surface area contributed by atoms with E-state index in [4.69, 9.17) is 15.9 Å². The van der Waals surface area contributed by atoms with Gasteiger partial charge < -0.3 is 21.3 Å². The third kappa shape index (κ3) is 1.85. The Morgan fingerprint density at radius 1 is 1.50 bits per heavy atom. The molecule has 6 heteroatoms. The van der Waals surface area contributed by atoms with E-state index in [1.54, 1.807) is 7.05 Å². The molecule has 1 aliphatic rings. The predicted molar refractivity (Wildman–Crippen MR) is 47.6 cm³/mol. The van der Waals surface area contributed by atoms with Crippen LogP contribution in [0.1, 0.15) is 0 Å². The van der Waals surface area contributed by atoms with E-state index in [0.717, 1.165) is 0 Å². The van der Waals surface area contributed by atoms with Crippen LogP contribution in [0, 0.1) is 17.8 Å². The Labute approximate surface area is 81.1 Å². The van der Waals surface area contributed by atoms with Crippen LogP contribution < -0.4 is 11.1 Å². The largest absolute Gasteiger partial charge is 0.481 e. The van der Waals surface area contributed by atoms with E-state index < -0.39 is 29.8 Å². The SMILES string of the molecule is CNCC1C(C(=O)O)C1C(N)C(=O)O. The van der Waals surface area contributed by atoms with Gasteiger partial charge in [-0.2, -0.15) is 0 Å². The van der Waals surface area contributed by atoms with Gasteiger partial charge in [-0.25, -0.2) is 0 Å². The number of carboxylic acids is 2. The van der Waals surface area contributed by atoms with Crippen LogP contribution in [-0.2, 0) is 9.59 Å². The third-order valence-electron chi connectivity index (χ3n) is 2.65. The summed E-state index contributed by atoms with van der Waals surface area (Å²) in [5, 5.41) is 20.2. The Kier molecular flexibility index (Phi) is 3.07. The van der Waals surface area contributed by atoms with Crippen LogP contribution in [0.25, 0.3) is 0 Å². The summed E-state index contributed by atoms with van der Waals surface area (Å²) in [6.45, 7) is 0.489. The van der Waals surface area contributed by atoms with E-state index >= 15 is 0 Å². The highest BCUT2D eigenvalue weighted by atomic mass is 16.4. The van der Waals surface area contributed by atoms with Crippen LogP contribution >= 0.6 is 0 Å². The topological polar surface area (TPSA) is 113 Å². The number of nitrogens with one attached hydrogen (secondary N) is 1. The van der Waals surface area contributed by atoms with Crippen molar-refractivity contribution in [2.75, 3.05) is 13.6 Å². The van der Waals surface area contributed by atoms with Crippen molar-refractivity contribution >= 4 is 11.9 Å². The van der Waals surface area contributed by atoms with Gasteiger partial charge in [0.2, 0.25) is 0 Å². The van der Waals surface area contributed by atoms with Gasteiger partial charge in [-0.1, -0.05) is 0 Å². The average molecular weight is 202 g/mol. The summed E-state index contributed by atoms with van der Waals surface area (Å²) in [6, 6.07) is -1.07. The molecule has 0 amide bonds. The van der Waals surface area contributed by atoms with Gasteiger partial charge in [0.1, 0.15) is 6.04 Å². The Morgan fingerprint density at radius 2 is 2.07 bits per heavy atom. The molecule has 4 unspecified atom stereocenters. The number of aliphatic carboxylic acids is 2. The second kappa shape index (κ2) is 3.93. The fourth-order valence-electron chi connectivity index (χ4n) is 1.90. The zero-order chi connectivity index (χ0) is 10.9. The van der Waals surface area contributed by atoms with Crippen molar-refractivity contribution in [1.82, 2.24) is 5.32 Å². The van der Waals surface area contributed by atoms with Gasteiger partial charge in [-0.05, 0) is 19.5 Å². The second-order valence-corrected chi connectivity index (χ2v) is 3.53. The van der Waals surface area contributed by atoms with Gasteiger partial charge in [-0.15, -0.1) is 0 Å². The van der Waals surface area contributed by atoms with Crippen LogP contribution in [0.2, 0.25) is 0 Å². The molecule has 5 N–H and O–H groups in total. The highest BCUT2D eigenvalue weighted by molar-refractivity contribution is 5.80. The minimum absolute atomic E-state index is 0.163. The molecular formula is C8H14N2O4. The van der Waals surface area contributed by atoms with Crippen molar-refractivity contribution < 1.29 is 19.8 Å². The molecule has 0 radical (unpaired) electrons. The summed E-state index contributed by atoms with van der Waals surface area (Å²) >= 11 is 0. The molecule has 1 rings (SSSR count). The molecule has 0 aromatic heterocycles. The van der Waals surface area contributed by atoms with Gasteiger partial charge in [0.05, 0.1) is 5.92 Å². The molecule has 0 aromatic rings. The standard InChI is InChI=1S/C8H14N2O4/c1-10-2-3-4(5(3)7(11)12)6(9)8(13)14/h3-6,10H,2,9H2,1H3,(H,11,12)(H,13,14). The van der Waals surface area contributed by atoms with E-state index in [1.807, 2.05) is 0 Å². The van der Waals surface area contributed by atoms with Crippen LogP contribution in [0.3, 0.4) is 0 Å². The maximum absolute atomic E-state index is 10.7. The summed E-state index contributed by atoms with van der Waals surface area (Å²) in [5.41, 5.74) is 5.38. The van der Waals surface area contributed by atoms with E-state index in [-0.39, 0.29) is 5.92 Å². The molecule has 14 heavy (non-hydrogen) atoms. The monoisotopic (exact) mass is 202 g/mol. The van der Waals surface area contributed by atoms with Crippen LogP contribution in [0.4, 0.5) is 0 Å². The molecule has 0 bridgehead atoms. The quantitative estimate of drug-likeness (QED) is 0.434. The Bertz CT molecular complexity index is 256. The molecule has 1 saturated carbocycles. The van der Waals surface area contributed by atoms with Crippen LogP contribution in [0.15, 0.2) is 0 Å². The summed E-state index contributed by atoms with van der Waals surface area (Å²) in [5.74, 6) is -3.33. The van der Waals surface area contributed by atoms with Crippen molar-refractivity contribution in [3.8, 4) is 0 Å². The lowest BCUT2D eigenvalue weighted by molar-refractivity contribution is -0.140. The first-order valence-corrected chi connectivity index (χ1v) is 4.36. The molecular weight excluding hydrogens is 188 g/mol. The molecule has 0 saturated heterocycles. The van der Waals surface area contributed by atoms with Crippen LogP contribution in [0.5, 0.6) is 0 Å². The number of nitrogens with two attached hydrogens (primary N) is 1. The number of carbonyl (C=O) groups is 2.